The van der Waals surface area contributed by atoms with Crippen molar-refractivity contribution in [3.63, 3.8) is 0 Å². The summed E-state index contributed by atoms with van der Waals surface area (Å²) < 4.78 is 10.1. The zero-order valence-corrected chi connectivity index (χ0v) is 18.9. The summed E-state index contributed by atoms with van der Waals surface area (Å²) in [6.45, 7) is 18.1. The van der Waals surface area contributed by atoms with Crippen molar-refractivity contribution in [1.29, 1.82) is 0 Å². The molecule has 0 heterocycles. The molecule has 0 aliphatic heterocycles. The third-order valence-corrected chi connectivity index (χ3v) is 4.04. The summed E-state index contributed by atoms with van der Waals surface area (Å²) in [6.07, 6.45) is 0.924. The Hall–Kier alpha value is -2.30. The van der Waals surface area contributed by atoms with E-state index in [2.05, 4.69) is 52.9 Å². The van der Waals surface area contributed by atoms with Crippen LogP contribution in [0.15, 0.2) is 23.9 Å². The van der Waals surface area contributed by atoms with Gasteiger partial charge in [0.25, 0.3) is 0 Å². The molecule has 0 aliphatic rings. The van der Waals surface area contributed by atoms with Crippen LogP contribution >= 0.6 is 0 Å². The fourth-order valence-corrected chi connectivity index (χ4v) is 2.44. The predicted molar refractivity (Wildman–Crippen MR) is 113 cm³/mol. The highest BCUT2D eigenvalue weighted by atomic mass is 16.6. The lowest BCUT2D eigenvalue weighted by Crippen LogP contribution is -2.34. The van der Waals surface area contributed by atoms with Crippen LogP contribution in [0.2, 0.25) is 0 Å². The summed E-state index contributed by atoms with van der Waals surface area (Å²) in [5, 5.41) is 2.51. The Balaban J connectivity index is 3.44. The first-order valence-electron chi connectivity index (χ1n) is 9.49. The highest BCUT2D eigenvalue weighted by molar-refractivity contribution is 5.96. The standard InChI is InChI=1S/C23H35NO4/c1-21(2,3)16-11-15(12-17(14-16)22(4,5)6)13-18(19(25)27-10)24-20(26)28-23(7,8)9/h11-14H,1-10H3,(H,24,26)/b18-13-. The van der Waals surface area contributed by atoms with Crippen molar-refractivity contribution in [3.8, 4) is 0 Å². The van der Waals surface area contributed by atoms with Gasteiger partial charge in [-0.1, -0.05) is 59.7 Å². The van der Waals surface area contributed by atoms with E-state index in [1.807, 2.05) is 12.1 Å². The minimum absolute atomic E-state index is 0.0302. The number of benzene rings is 1. The Labute approximate surface area is 169 Å². The lowest BCUT2D eigenvalue weighted by molar-refractivity contribution is -0.136. The van der Waals surface area contributed by atoms with E-state index in [0.717, 1.165) is 16.7 Å². The first-order chi connectivity index (χ1) is 12.5. The van der Waals surface area contributed by atoms with E-state index in [9.17, 15) is 9.59 Å². The first-order valence-corrected chi connectivity index (χ1v) is 9.49. The zero-order valence-electron chi connectivity index (χ0n) is 18.9. The Morgan fingerprint density at radius 1 is 0.857 bits per heavy atom. The van der Waals surface area contributed by atoms with Gasteiger partial charge in [-0.15, -0.1) is 0 Å². The van der Waals surface area contributed by atoms with Crippen molar-refractivity contribution < 1.29 is 19.1 Å². The van der Waals surface area contributed by atoms with E-state index >= 15 is 0 Å². The van der Waals surface area contributed by atoms with Crippen LogP contribution in [0.5, 0.6) is 0 Å². The van der Waals surface area contributed by atoms with Crippen LogP contribution in [0, 0.1) is 0 Å². The molecule has 156 valence electrons. The highest BCUT2D eigenvalue weighted by Crippen LogP contribution is 2.31. The molecular weight excluding hydrogens is 354 g/mol. The molecule has 1 aromatic rings. The van der Waals surface area contributed by atoms with Gasteiger partial charge in [0.2, 0.25) is 0 Å². The molecular formula is C23H35NO4. The van der Waals surface area contributed by atoms with Crippen molar-refractivity contribution in [1.82, 2.24) is 5.32 Å². The number of carbonyl (C=O) groups excluding carboxylic acids is 2. The summed E-state index contributed by atoms with van der Waals surface area (Å²) >= 11 is 0. The lowest BCUT2D eigenvalue weighted by Gasteiger charge is -2.26. The molecule has 0 saturated carbocycles. The number of hydrogen-bond acceptors (Lipinski definition) is 4. The van der Waals surface area contributed by atoms with Crippen LogP contribution in [0.25, 0.3) is 6.08 Å². The van der Waals surface area contributed by atoms with Gasteiger partial charge in [0, 0.05) is 0 Å². The molecule has 0 aliphatic carbocycles. The first kappa shape index (κ1) is 23.7. The number of esters is 1. The van der Waals surface area contributed by atoms with Gasteiger partial charge >= 0.3 is 12.1 Å². The number of carbonyl (C=O) groups is 2. The van der Waals surface area contributed by atoms with Gasteiger partial charge < -0.3 is 9.47 Å². The normalized spacial score (nSPS) is 13.1. The molecule has 1 aromatic carbocycles. The molecule has 28 heavy (non-hydrogen) atoms. The Bertz CT molecular complexity index is 724. The maximum absolute atomic E-state index is 12.2. The Kier molecular flexibility index (Phi) is 7.10. The van der Waals surface area contributed by atoms with Crippen LogP contribution in [-0.2, 0) is 25.1 Å². The molecule has 1 rings (SSSR count). The third kappa shape index (κ3) is 7.37. The fraction of sp³-hybridized carbons (Fsp3) is 0.565. The highest BCUT2D eigenvalue weighted by Gasteiger charge is 2.22. The molecule has 0 bridgehead atoms. The molecule has 0 unspecified atom stereocenters. The monoisotopic (exact) mass is 389 g/mol. The second kappa shape index (κ2) is 8.38. The second-order valence-electron chi connectivity index (χ2n) is 10.0. The smallest absolute Gasteiger partial charge is 0.412 e. The molecule has 1 amide bonds. The van der Waals surface area contributed by atoms with Gasteiger partial charge in [-0.05, 0) is 54.4 Å². The molecule has 0 saturated heterocycles. The fourth-order valence-electron chi connectivity index (χ4n) is 2.44. The van der Waals surface area contributed by atoms with E-state index in [-0.39, 0.29) is 16.5 Å². The maximum Gasteiger partial charge on any atom is 0.412 e. The zero-order chi connectivity index (χ0) is 21.9. The van der Waals surface area contributed by atoms with Gasteiger partial charge in [-0.3, -0.25) is 5.32 Å². The van der Waals surface area contributed by atoms with E-state index in [4.69, 9.17) is 9.47 Å². The maximum atomic E-state index is 12.2. The van der Waals surface area contributed by atoms with Crippen LogP contribution in [0.3, 0.4) is 0 Å². The van der Waals surface area contributed by atoms with Crippen molar-refractivity contribution in [2.75, 3.05) is 7.11 Å². The van der Waals surface area contributed by atoms with Gasteiger partial charge in [-0.2, -0.15) is 0 Å². The van der Waals surface area contributed by atoms with Gasteiger partial charge in [0.05, 0.1) is 7.11 Å². The van der Waals surface area contributed by atoms with Crippen LogP contribution in [0.1, 0.15) is 79.0 Å². The van der Waals surface area contributed by atoms with E-state index in [1.165, 1.54) is 7.11 Å². The number of nitrogens with one attached hydrogen (secondary N) is 1. The van der Waals surface area contributed by atoms with Crippen molar-refractivity contribution in [2.24, 2.45) is 0 Å². The Morgan fingerprint density at radius 3 is 1.68 bits per heavy atom. The number of alkyl carbamates (subject to hydrolysis) is 1. The van der Waals surface area contributed by atoms with Crippen molar-refractivity contribution in [3.05, 3.63) is 40.6 Å². The molecule has 0 radical (unpaired) electrons. The molecule has 1 N–H and O–H groups in total. The van der Waals surface area contributed by atoms with Crippen LogP contribution in [0.4, 0.5) is 4.79 Å². The molecule has 0 aromatic heterocycles. The summed E-state index contributed by atoms with van der Waals surface area (Å²) in [5.74, 6) is -0.635. The molecule has 0 atom stereocenters. The van der Waals surface area contributed by atoms with Gasteiger partial charge in [0.1, 0.15) is 11.3 Å². The average Bonchev–Trinajstić information content (AvgIpc) is 2.49. The van der Waals surface area contributed by atoms with Crippen molar-refractivity contribution in [2.45, 2.75) is 78.7 Å². The minimum atomic E-state index is -0.702. The predicted octanol–water partition coefficient (Wildman–Crippen LogP) is 5.32. The lowest BCUT2D eigenvalue weighted by atomic mass is 9.79. The van der Waals surface area contributed by atoms with Gasteiger partial charge in [0.15, 0.2) is 0 Å². The second-order valence-corrected chi connectivity index (χ2v) is 10.0. The molecule has 5 heteroatoms. The number of rotatable bonds is 3. The van der Waals surface area contributed by atoms with E-state index in [1.54, 1.807) is 26.8 Å². The SMILES string of the molecule is COC(=O)/C(=C/c1cc(C(C)(C)C)cc(C(C)(C)C)c1)NC(=O)OC(C)(C)C. The summed E-state index contributed by atoms with van der Waals surface area (Å²) in [7, 11) is 1.28. The van der Waals surface area contributed by atoms with Crippen LogP contribution < -0.4 is 5.32 Å². The van der Waals surface area contributed by atoms with Crippen LogP contribution in [-0.4, -0.2) is 24.8 Å². The molecule has 5 nitrogen and oxygen atoms in total. The van der Waals surface area contributed by atoms with E-state index in [0.29, 0.717) is 0 Å². The average molecular weight is 390 g/mol. The number of ether oxygens (including phenoxy) is 2. The topological polar surface area (TPSA) is 64.6 Å². The number of hydrogen-bond donors (Lipinski definition) is 1. The molecule has 0 spiro atoms. The quantitative estimate of drug-likeness (QED) is 0.561. The largest absolute Gasteiger partial charge is 0.464 e. The summed E-state index contributed by atoms with van der Waals surface area (Å²) in [6, 6.07) is 6.24. The van der Waals surface area contributed by atoms with Crippen molar-refractivity contribution >= 4 is 18.1 Å². The summed E-state index contributed by atoms with van der Waals surface area (Å²) in [4.78, 5) is 24.4. The third-order valence-electron chi connectivity index (χ3n) is 4.04. The Morgan fingerprint density at radius 2 is 1.32 bits per heavy atom. The minimum Gasteiger partial charge on any atom is -0.464 e. The number of methoxy groups -OCH3 is 1. The summed E-state index contributed by atoms with van der Waals surface area (Å²) in [5.41, 5.74) is 2.34. The van der Waals surface area contributed by atoms with E-state index < -0.39 is 17.7 Å². The van der Waals surface area contributed by atoms with Gasteiger partial charge in [-0.25, -0.2) is 9.59 Å². The number of amides is 1. The molecule has 0 fully saturated rings.